The van der Waals surface area contributed by atoms with E-state index in [0.717, 1.165) is 0 Å². The smallest absolute Gasteiger partial charge is 0.0623 e. The van der Waals surface area contributed by atoms with Crippen LogP contribution in [-0.2, 0) is 25.7 Å². The lowest BCUT2D eigenvalue weighted by molar-refractivity contribution is 0.629. The maximum Gasteiger partial charge on any atom is 0.0623 e. The Morgan fingerprint density at radius 1 is 0.485 bits per heavy atom. The number of hydrogen-bond donors (Lipinski definition) is 0. The molecule has 5 aromatic rings. The molecule has 0 aliphatic heterocycles. The molecule has 0 radical (unpaired) electrons. The van der Waals surface area contributed by atoms with E-state index in [1.807, 2.05) is 0 Å². The number of fused-ring (bicyclic) bond motifs is 10. The molecule has 0 saturated heterocycles. The van der Waals surface area contributed by atoms with Crippen molar-refractivity contribution < 1.29 is 0 Å². The molecule has 0 amide bonds. The molecule has 168 valence electrons. The summed E-state index contributed by atoms with van der Waals surface area (Å²) in [7, 11) is 0. The number of para-hydroxylation sites is 1. The van der Waals surface area contributed by atoms with Crippen molar-refractivity contribution in [2.75, 3.05) is 0 Å². The van der Waals surface area contributed by atoms with Crippen LogP contribution < -0.4 is 0 Å². The van der Waals surface area contributed by atoms with E-state index in [4.69, 9.17) is 0 Å². The normalized spacial score (nSPS) is 18.4. The summed E-state index contributed by atoms with van der Waals surface area (Å²) in [5.41, 5.74) is 11.0. The molecule has 2 heterocycles. The Labute approximate surface area is 197 Å². The van der Waals surface area contributed by atoms with Crippen molar-refractivity contribution in [1.29, 1.82) is 0 Å². The minimum Gasteiger partial charge on any atom is -0.308 e. The lowest BCUT2D eigenvalue weighted by Crippen LogP contribution is -1.97. The van der Waals surface area contributed by atoms with Gasteiger partial charge in [-0.15, -0.1) is 0 Å². The molecule has 3 aromatic carbocycles. The van der Waals surface area contributed by atoms with Crippen LogP contribution in [-0.4, -0.2) is 4.40 Å². The van der Waals surface area contributed by atoms with Crippen LogP contribution in [0.25, 0.3) is 38.1 Å². The van der Waals surface area contributed by atoms with Crippen molar-refractivity contribution in [2.24, 2.45) is 0 Å². The highest BCUT2D eigenvalue weighted by Crippen LogP contribution is 2.45. The zero-order valence-electron chi connectivity index (χ0n) is 19.9. The van der Waals surface area contributed by atoms with Gasteiger partial charge in [0.2, 0.25) is 0 Å². The van der Waals surface area contributed by atoms with Crippen molar-refractivity contribution in [1.82, 2.24) is 4.40 Å². The molecule has 0 N–H and O–H groups in total. The summed E-state index contributed by atoms with van der Waals surface area (Å²) < 4.78 is 2.63. The number of aromatic nitrogens is 1. The molecule has 7 rings (SSSR count). The molecule has 0 bridgehead atoms. The average molecular weight is 434 g/mol. The lowest BCUT2D eigenvalue weighted by atomic mass is 9.90. The lowest BCUT2D eigenvalue weighted by Gasteiger charge is -2.14. The highest BCUT2D eigenvalue weighted by Gasteiger charge is 2.24. The van der Waals surface area contributed by atoms with Crippen molar-refractivity contribution >= 4 is 38.1 Å². The van der Waals surface area contributed by atoms with Crippen LogP contribution >= 0.6 is 0 Å². The zero-order valence-corrected chi connectivity index (χ0v) is 19.9. The number of nitrogens with zero attached hydrogens (tertiary/aromatic N) is 1. The van der Waals surface area contributed by atoms with Crippen molar-refractivity contribution in [3.63, 3.8) is 0 Å². The summed E-state index contributed by atoms with van der Waals surface area (Å²) in [6, 6.07) is 16.8. The first-order valence-corrected chi connectivity index (χ1v) is 13.7. The maximum absolute atomic E-state index is 2.65. The second kappa shape index (κ2) is 8.05. The van der Waals surface area contributed by atoms with Crippen molar-refractivity contribution in [3.8, 4) is 0 Å². The third kappa shape index (κ3) is 3.04. The van der Waals surface area contributed by atoms with Crippen LogP contribution in [0.1, 0.15) is 86.5 Å². The number of rotatable bonds is 0. The van der Waals surface area contributed by atoms with Gasteiger partial charge in [0.25, 0.3) is 0 Å². The predicted octanol–water partition coefficient (Wildman–Crippen LogP) is 8.93. The summed E-state index contributed by atoms with van der Waals surface area (Å²) >= 11 is 0. The SMILES string of the molecule is c1ccc2c(c1)c1c3c(cc4c5c6c(ccc5n2c41)CCCCCCC6)CCCCCCC3. The molecular weight excluding hydrogens is 398 g/mol. The predicted molar refractivity (Wildman–Crippen MR) is 142 cm³/mol. The molecule has 2 aromatic heterocycles. The first-order chi connectivity index (χ1) is 16.4. The molecule has 2 aliphatic rings. The van der Waals surface area contributed by atoms with Gasteiger partial charge in [0.1, 0.15) is 0 Å². The Morgan fingerprint density at radius 2 is 1.12 bits per heavy atom. The van der Waals surface area contributed by atoms with E-state index >= 15 is 0 Å². The topological polar surface area (TPSA) is 4.41 Å². The Kier molecular flexibility index (Phi) is 4.85. The van der Waals surface area contributed by atoms with Crippen LogP contribution in [0, 0.1) is 0 Å². The van der Waals surface area contributed by atoms with Crippen molar-refractivity contribution in [2.45, 2.75) is 89.9 Å². The molecular formula is C32H35N. The number of aryl methyl sites for hydroxylation is 4. The fourth-order valence-corrected chi connectivity index (χ4v) is 7.22. The summed E-state index contributed by atoms with van der Waals surface area (Å²) in [4.78, 5) is 0. The van der Waals surface area contributed by atoms with E-state index in [1.54, 1.807) is 38.4 Å². The Balaban J connectivity index is 1.64. The standard InChI is InChI=1S/C32H35N/c1-3-7-13-22-19-20-29-30(24(22)15-9-5-1)27-21-23-14-8-4-2-6-10-16-25(23)31-26-17-11-12-18-28(26)33(29)32(27)31/h11-12,17-21H,1-10,13-16H2. The van der Waals surface area contributed by atoms with E-state index in [-0.39, 0.29) is 0 Å². The second-order valence-corrected chi connectivity index (χ2v) is 10.8. The molecule has 1 heteroatoms. The Morgan fingerprint density at radius 3 is 1.91 bits per heavy atom. The van der Waals surface area contributed by atoms with Gasteiger partial charge in [-0.1, -0.05) is 62.8 Å². The second-order valence-electron chi connectivity index (χ2n) is 10.8. The van der Waals surface area contributed by atoms with E-state index in [1.165, 1.54) is 112 Å². The van der Waals surface area contributed by atoms with Crippen molar-refractivity contribution in [3.05, 3.63) is 64.7 Å². The first-order valence-electron chi connectivity index (χ1n) is 13.7. The van der Waals surface area contributed by atoms with Crippen LogP contribution in [0.15, 0.2) is 42.5 Å². The van der Waals surface area contributed by atoms with E-state index in [0.29, 0.717) is 0 Å². The fraction of sp³-hybridized carbons (Fsp3) is 0.438. The molecule has 0 saturated carbocycles. The minimum atomic E-state index is 1.24. The molecule has 2 aliphatic carbocycles. The minimum absolute atomic E-state index is 1.24. The monoisotopic (exact) mass is 433 g/mol. The van der Waals surface area contributed by atoms with E-state index in [2.05, 4.69) is 46.9 Å². The zero-order chi connectivity index (χ0) is 21.8. The molecule has 0 spiro atoms. The molecule has 0 atom stereocenters. The largest absolute Gasteiger partial charge is 0.308 e. The molecule has 0 unspecified atom stereocenters. The van der Waals surface area contributed by atoms with Crippen LogP contribution in [0.5, 0.6) is 0 Å². The van der Waals surface area contributed by atoms with Gasteiger partial charge >= 0.3 is 0 Å². The number of benzene rings is 3. The van der Waals surface area contributed by atoms with Gasteiger partial charge in [-0.25, -0.2) is 0 Å². The van der Waals surface area contributed by atoms with Crippen LogP contribution in [0.2, 0.25) is 0 Å². The molecule has 0 fully saturated rings. The average Bonchev–Trinajstić information content (AvgIpc) is 3.40. The summed E-state index contributed by atoms with van der Waals surface area (Å²) in [5.74, 6) is 0. The highest BCUT2D eigenvalue weighted by atomic mass is 14.9. The number of hydrogen-bond acceptors (Lipinski definition) is 0. The Hall–Kier alpha value is -2.54. The van der Waals surface area contributed by atoms with E-state index < -0.39 is 0 Å². The highest BCUT2D eigenvalue weighted by molar-refractivity contribution is 6.25. The fourth-order valence-electron chi connectivity index (χ4n) is 7.22. The first kappa shape index (κ1) is 19.9. The third-order valence-electron chi connectivity index (χ3n) is 8.78. The molecule has 33 heavy (non-hydrogen) atoms. The Bertz CT molecular complexity index is 1470. The summed E-state index contributed by atoms with van der Waals surface area (Å²) in [5, 5.41) is 6.18. The summed E-state index contributed by atoms with van der Waals surface area (Å²) in [6.07, 6.45) is 18.7. The van der Waals surface area contributed by atoms with Gasteiger partial charge in [-0.2, -0.15) is 0 Å². The van der Waals surface area contributed by atoms with Gasteiger partial charge in [0.05, 0.1) is 16.6 Å². The van der Waals surface area contributed by atoms with Gasteiger partial charge in [-0.3, -0.25) is 0 Å². The third-order valence-corrected chi connectivity index (χ3v) is 8.78. The van der Waals surface area contributed by atoms with Gasteiger partial charge in [0, 0.05) is 21.5 Å². The van der Waals surface area contributed by atoms with Gasteiger partial charge < -0.3 is 4.40 Å². The summed E-state index contributed by atoms with van der Waals surface area (Å²) in [6.45, 7) is 0. The quantitative estimate of drug-likeness (QED) is 0.229. The maximum atomic E-state index is 2.65. The van der Waals surface area contributed by atoms with Gasteiger partial charge in [-0.05, 0) is 91.8 Å². The van der Waals surface area contributed by atoms with Gasteiger partial charge in [0.15, 0.2) is 0 Å². The molecule has 1 nitrogen and oxygen atoms in total. The van der Waals surface area contributed by atoms with Crippen LogP contribution in [0.4, 0.5) is 0 Å². The van der Waals surface area contributed by atoms with E-state index in [9.17, 15) is 0 Å². The van der Waals surface area contributed by atoms with Crippen LogP contribution in [0.3, 0.4) is 0 Å².